The molecular weight excluding hydrogens is 268 g/mol. The SMILES string of the molecule is CC(CNC(=O)CC1(C(=O)O)CCCC1)CN1CCCC1. The Kier molecular flexibility index (Phi) is 5.62. The van der Waals surface area contributed by atoms with Crippen molar-refractivity contribution in [3.8, 4) is 0 Å². The minimum Gasteiger partial charge on any atom is -0.481 e. The van der Waals surface area contributed by atoms with E-state index in [2.05, 4.69) is 17.1 Å². The third-order valence-electron chi connectivity index (χ3n) is 4.93. The number of nitrogens with zero attached hydrogens (tertiary/aromatic N) is 1. The van der Waals surface area contributed by atoms with Gasteiger partial charge in [0, 0.05) is 19.5 Å². The second-order valence-corrected chi connectivity index (χ2v) is 6.89. The van der Waals surface area contributed by atoms with Crippen LogP contribution in [0.5, 0.6) is 0 Å². The van der Waals surface area contributed by atoms with Gasteiger partial charge in [0.15, 0.2) is 0 Å². The topological polar surface area (TPSA) is 69.6 Å². The Balaban J connectivity index is 1.72. The fourth-order valence-electron chi connectivity index (χ4n) is 3.65. The van der Waals surface area contributed by atoms with Crippen LogP contribution >= 0.6 is 0 Å². The number of aliphatic carboxylic acids is 1. The predicted molar refractivity (Wildman–Crippen MR) is 81.0 cm³/mol. The normalized spacial score (nSPS) is 23.1. The largest absolute Gasteiger partial charge is 0.481 e. The predicted octanol–water partition coefficient (Wildman–Crippen LogP) is 1.87. The average Bonchev–Trinajstić information content (AvgIpc) is 3.08. The molecule has 0 spiro atoms. The van der Waals surface area contributed by atoms with E-state index < -0.39 is 11.4 Å². The zero-order valence-electron chi connectivity index (χ0n) is 13.1. The summed E-state index contributed by atoms with van der Waals surface area (Å²) in [6.07, 6.45) is 5.81. The third-order valence-corrected chi connectivity index (χ3v) is 4.93. The van der Waals surface area contributed by atoms with E-state index in [9.17, 15) is 14.7 Å². The molecule has 0 aromatic rings. The highest BCUT2D eigenvalue weighted by atomic mass is 16.4. The van der Waals surface area contributed by atoms with Gasteiger partial charge < -0.3 is 15.3 Å². The van der Waals surface area contributed by atoms with Gasteiger partial charge in [0.05, 0.1) is 5.41 Å². The van der Waals surface area contributed by atoms with Crippen molar-refractivity contribution in [2.24, 2.45) is 11.3 Å². The molecule has 0 aromatic carbocycles. The number of amides is 1. The molecule has 2 N–H and O–H groups in total. The van der Waals surface area contributed by atoms with Crippen molar-refractivity contribution in [3.05, 3.63) is 0 Å². The summed E-state index contributed by atoms with van der Waals surface area (Å²) < 4.78 is 0. The lowest BCUT2D eigenvalue weighted by Gasteiger charge is -2.24. The van der Waals surface area contributed by atoms with Crippen molar-refractivity contribution < 1.29 is 14.7 Å². The number of rotatable bonds is 7. The molecule has 5 nitrogen and oxygen atoms in total. The molecule has 5 heteroatoms. The van der Waals surface area contributed by atoms with E-state index in [1.807, 2.05) is 0 Å². The number of likely N-dealkylation sites (tertiary alicyclic amines) is 1. The van der Waals surface area contributed by atoms with E-state index in [1.165, 1.54) is 25.9 Å². The zero-order chi connectivity index (χ0) is 15.3. The molecule has 2 fully saturated rings. The van der Waals surface area contributed by atoms with Crippen LogP contribution in [0.25, 0.3) is 0 Å². The molecule has 1 atom stereocenters. The van der Waals surface area contributed by atoms with Gasteiger partial charge in [0.2, 0.25) is 5.91 Å². The Bertz CT molecular complexity index is 372. The molecule has 1 saturated carbocycles. The molecule has 0 aromatic heterocycles. The van der Waals surface area contributed by atoms with Crippen molar-refractivity contribution >= 4 is 11.9 Å². The Morgan fingerprint density at radius 2 is 1.81 bits per heavy atom. The third kappa shape index (κ3) is 4.43. The number of hydrogen-bond acceptors (Lipinski definition) is 3. The average molecular weight is 296 g/mol. The maximum atomic E-state index is 12.1. The van der Waals surface area contributed by atoms with Crippen LogP contribution < -0.4 is 5.32 Å². The molecule has 21 heavy (non-hydrogen) atoms. The van der Waals surface area contributed by atoms with Crippen LogP contribution in [-0.4, -0.2) is 48.1 Å². The van der Waals surface area contributed by atoms with E-state index in [-0.39, 0.29) is 12.3 Å². The summed E-state index contributed by atoms with van der Waals surface area (Å²) in [4.78, 5) is 25.9. The van der Waals surface area contributed by atoms with E-state index in [4.69, 9.17) is 0 Å². The van der Waals surface area contributed by atoms with Crippen LogP contribution in [-0.2, 0) is 9.59 Å². The Hall–Kier alpha value is -1.10. The maximum absolute atomic E-state index is 12.1. The van der Waals surface area contributed by atoms with Gasteiger partial charge >= 0.3 is 5.97 Å². The minimum atomic E-state index is -0.805. The molecule has 2 rings (SSSR count). The lowest BCUT2D eigenvalue weighted by atomic mass is 9.82. The van der Waals surface area contributed by atoms with Crippen LogP contribution in [0.3, 0.4) is 0 Å². The lowest BCUT2D eigenvalue weighted by molar-refractivity contribution is -0.151. The standard InChI is InChI=1S/C16H28N2O3/c1-13(12-18-8-4-5-9-18)11-17-14(19)10-16(15(20)21)6-2-3-7-16/h13H,2-12H2,1H3,(H,17,19)(H,20,21). The second-order valence-electron chi connectivity index (χ2n) is 6.89. The quantitative estimate of drug-likeness (QED) is 0.752. The molecule has 1 unspecified atom stereocenters. The minimum absolute atomic E-state index is 0.104. The van der Waals surface area contributed by atoms with Crippen molar-refractivity contribution in [2.75, 3.05) is 26.2 Å². The first-order valence-corrected chi connectivity index (χ1v) is 8.24. The Morgan fingerprint density at radius 3 is 2.38 bits per heavy atom. The molecule has 1 saturated heterocycles. The first-order chi connectivity index (χ1) is 10.0. The fraction of sp³-hybridized carbons (Fsp3) is 0.875. The van der Waals surface area contributed by atoms with Crippen molar-refractivity contribution in [1.29, 1.82) is 0 Å². The van der Waals surface area contributed by atoms with E-state index >= 15 is 0 Å². The summed E-state index contributed by atoms with van der Waals surface area (Å²) >= 11 is 0. The van der Waals surface area contributed by atoms with E-state index in [0.717, 1.165) is 19.4 Å². The molecule has 1 aliphatic carbocycles. The number of hydrogen-bond donors (Lipinski definition) is 2. The lowest BCUT2D eigenvalue weighted by Crippen LogP contribution is -2.39. The summed E-state index contributed by atoms with van der Waals surface area (Å²) in [6, 6.07) is 0. The number of nitrogens with one attached hydrogen (secondary N) is 1. The van der Waals surface area contributed by atoms with Crippen LogP contribution in [0.2, 0.25) is 0 Å². The van der Waals surface area contributed by atoms with Gasteiger partial charge in [-0.1, -0.05) is 19.8 Å². The number of carbonyl (C=O) groups is 2. The van der Waals surface area contributed by atoms with Gasteiger partial charge in [-0.15, -0.1) is 0 Å². The van der Waals surface area contributed by atoms with Crippen LogP contribution in [0.1, 0.15) is 51.9 Å². The highest BCUT2D eigenvalue weighted by molar-refractivity contribution is 5.85. The van der Waals surface area contributed by atoms with Crippen molar-refractivity contribution in [3.63, 3.8) is 0 Å². The van der Waals surface area contributed by atoms with Gasteiger partial charge in [-0.25, -0.2) is 0 Å². The summed E-state index contributed by atoms with van der Waals surface area (Å²) in [5, 5.41) is 12.3. The first-order valence-electron chi connectivity index (χ1n) is 8.24. The Labute approximate surface area is 127 Å². The van der Waals surface area contributed by atoms with Gasteiger partial charge in [-0.2, -0.15) is 0 Å². The molecule has 0 radical (unpaired) electrons. The zero-order valence-corrected chi connectivity index (χ0v) is 13.1. The maximum Gasteiger partial charge on any atom is 0.310 e. The van der Waals surface area contributed by atoms with E-state index in [1.54, 1.807) is 0 Å². The van der Waals surface area contributed by atoms with Gasteiger partial charge in [-0.3, -0.25) is 9.59 Å². The van der Waals surface area contributed by atoms with Gasteiger partial charge in [0.25, 0.3) is 0 Å². The molecule has 1 heterocycles. The van der Waals surface area contributed by atoms with Crippen LogP contribution in [0.15, 0.2) is 0 Å². The molecule has 1 aliphatic heterocycles. The summed E-state index contributed by atoms with van der Waals surface area (Å²) in [7, 11) is 0. The van der Waals surface area contributed by atoms with Gasteiger partial charge in [0.1, 0.15) is 0 Å². The molecule has 2 aliphatic rings. The number of carboxylic acid groups (broad SMARTS) is 1. The first kappa shape index (κ1) is 16.3. The monoisotopic (exact) mass is 296 g/mol. The molecule has 1 amide bonds. The fourth-order valence-corrected chi connectivity index (χ4v) is 3.65. The van der Waals surface area contributed by atoms with Crippen LogP contribution in [0, 0.1) is 11.3 Å². The smallest absolute Gasteiger partial charge is 0.310 e. The van der Waals surface area contributed by atoms with Crippen molar-refractivity contribution in [1.82, 2.24) is 10.2 Å². The molecule has 0 bridgehead atoms. The van der Waals surface area contributed by atoms with E-state index in [0.29, 0.717) is 25.3 Å². The molecular formula is C16H28N2O3. The highest BCUT2D eigenvalue weighted by Crippen LogP contribution is 2.41. The van der Waals surface area contributed by atoms with Gasteiger partial charge in [-0.05, 0) is 44.7 Å². The summed E-state index contributed by atoms with van der Waals surface area (Å²) in [5.41, 5.74) is -0.803. The Morgan fingerprint density at radius 1 is 1.19 bits per heavy atom. The summed E-state index contributed by atoms with van der Waals surface area (Å²) in [5.74, 6) is -0.496. The number of carbonyl (C=O) groups excluding carboxylic acids is 1. The van der Waals surface area contributed by atoms with Crippen molar-refractivity contribution in [2.45, 2.75) is 51.9 Å². The highest BCUT2D eigenvalue weighted by Gasteiger charge is 2.42. The summed E-state index contributed by atoms with van der Waals surface area (Å²) in [6.45, 7) is 6.14. The second kappa shape index (κ2) is 7.25. The number of carboxylic acids is 1. The molecule has 120 valence electrons. The van der Waals surface area contributed by atoms with Crippen LogP contribution in [0.4, 0.5) is 0 Å².